The van der Waals surface area contributed by atoms with E-state index < -0.39 is 29.1 Å². The predicted molar refractivity (Wildman–Crippen MR) is 108 cm³/mol. The standard InChI is InChI=1S/C21H22N2O7/c1-3-29-19-12-17(23(26)27)15(11-18(19)28-2)21(25)30-13-20(24)22-10-6-8-14-7-4-5-9-16(14)22/h4-5,7,9,11-12H,3,6,8,10,13H2,1-2H3. The number of esters is 1. The van der Waals surface area contributed by atoms with Crippen LogP contribution in [0.5, 0.6) is 11.5 Å². The van der Waals surface area contributed by atoms with Crippen LogP contribution in [0.4, 0.5) is 11.4 Å². The number of aryl methyl sites for hydroxylation is 1. The summed E-state index contributed by atoms with van der Waals surface area (Å²) in [5, 5.41) is 11.4. The minimum atomic E-state index is -0.985. The molecule has 3 rings (SSSR count). The van der Waals surface area contributed by atoms with Crippen LogP contribution >= 0.6 is 0 Å². The van der Waals surface area contributed by atoms with E-state index in [1.807, 2.05) is 24.3 Å². The Hall–Kier alpha value is -3.62. The lowest BCUT2D eigenvalue weighted by molar-refractivity contribution is -0.385. The Bertz CT molecular complexity index is 974. The van der Waals surface area contributed by atoms with E-state index in [1.54, 1.807) is 11.8 Å². The quantitative estimate of drug-likeness (QED) is 0.389. The van der Waals surface area contributed by atoms with Gasteiger partial charge in [-0.25, -0.2) is 4.79 Å². The minimum Gasteiger partial charge on any atom is -0.493 e. The second kappa shape index (κ2) is 9.25. The van der Waals surface area contributed by atoms with E-state index in [2.05, 4.69) is 0 Å². The predicted octanol–water partition coefficient (Wildman–Crippen LogP) is 3.14. The summed E-state index contributed by atoms with van der Waals surface area (Å²) in [5.74, 6) is -1.08. The van der Waals surface area contributed by atoms with Gasteiger partial charge >= 0.3 is 5.97 Å². The van der Waals surface area contributed by atoms with Crippen molar-refractivity contribution in [3.8, 4) is 11.5 Å². The van der Waals surface area contributed by atoms with Crippen molar-refractivity contribution in [2.45, 2.75) is 19.8 Å². The van der Waals surface area contributed by atoms with E-state index in [-0.39, 0.29) is 23.7 Å². The fraction of sp³-hybridized carbons (Fsp3) is 0.333. The van der Waals surface area contributed by atoms with Gasteiger partial charge in [0.1, 0.15) is 5.56 Å². The third-order valence-corrected chi connectivity index (χ3v) is 4.74. The van der Waals surface area contributed by atoms with Gasteiger partial charge < -0.3 is 19.1 Å². The highest BCUT2D eigenvalue weighted by molar-refractivity contribution is 5.99. The van der Waals surface area contributed by atoms with Gasteiger partial charge in [-0.2, -0.15) is 0 Å². The summed E-state index contributed by atoms with van der Waals surface area (Å²) in [4.78, 5) is 37.5. The van der Waals surface area contributed by atoms with Crippen LogP contribution in [0.3, 0.4) is 0 Å². The van der Waals surface area contributed by atoms with Crippen LogP contribution in [0.1, 0.15) is 29.3 Å². The van der Waals surface area contributed by atoms with E-state index in [9.17, 15) is 19.7 Å². The van der Waals surface area contributed by atoms with Gasteiger partial charge in [0.05, 0.1) is 24.7 Å². The van der Waals surface area contributed by atoms with Crippen molar-refractivity contribution < 1.29 is 28.7 Å². The first-order valence-corrected chi connectivity index (χ1v) is 9.50. The number of hydrogen-bond acceptors (Lipinski definition) is 7. The van der Waals surface area contributed by atoms with E-state index in [1.165, 1.54) is 13.2 Å². The second-order valence-corrected chi connectivity index (χ2v) is 6.56. The molecule has 30 heavy (non-hydrogen) atoms. The van der Waals surface area contributed by atoms with Crippen LogP contribution < -0.4 is 14.4 Å². The molecule has 0 spiro atoms. The number of fused-ring (bicyclic) bond motifs is 1. The Balaban J connectivity index is 1.78. The van der Waals surface area contributed by atoms with Gasteiger partial charge in [0, 0.05) is 18.3 Å². The van der Waals surface area contributed by atoms with E-state index in [4.69, 9.17) is 14.2 Å². The van der Waals surface area contributed by atoms with Crippen LogP contribution in [0, 0.1) is 10.1 Å². The Morgan fingerprint density at radius 3 is 2.67 bits per heavy atom. The zero-order valence-corrected chi connectivity index (χ0v) is 16.8. The first-order valence-electron chi connectivity index (χ1n) is 9.50. The Morgan fingerprint density at radius 2 is 1.97 bits per heavy atom. The van der Waals surface area contributed by atoms with Gasteiger partial charge in [-0.3, -0.25) is 14.9 Å². The van der Waals surface area contributed by atoms with Crippen molar-refractivity contribution in [1.82, 2.24) is 0 Å². The molecule has 0 N–H and O–H groups in total. The topological polar surface area (TPSA) is 108 Å². The maximum atomic E-state index is 12.6. The van der Waals surface area contributed by atoms with Crippen LogP contribution in [-0.2, 0) is 16.0 Å². The lowest BCUT2D eigenvalue weighted by Gasteiger charge is -2.29. The molecule has 1 amide bonds. The molecule has 0 aliphatic carbocycles. The molecule has 0 unspecified atom stereocenters. The lowest BCUT2D eigenvalue weighted by atomic mass is 10.0. The number of hydrogen-bond donors (Lipinski definition) is 0. The van der Waals surface area contributed by atoms with Crippen LogP contribution in [-0.4, -0.2) is 43.7 Å². The fourth-order valence-electron chi connectivity index (χ4n) is 3.37. The first kappa shape index (κ1) is 21.1. The Kier molecular flexibility index (Phi) is 6.51. The smallest absolute Gasteiger partial charge is 0.345 e. The largest absolute Gasteiger partial charge is 0.493 e. The lowest BCUT2D eigenvalue weighted by Crippen LogP contribution is -2.38. The monoisotopic (exact) mass is 414 g/mol. The maximum absolute atomic E-state index is 12.6. The second-order valence-electron chi connectivity index (χ2n) is 6.56. The summed E-state index contributed by atoms with van der Waals surface area (Å²) in [6, 6.07) is 9.85. The molecule has 2 aromatic carbocycles. The van der Waals surface area contributed by atoms with Crippen molar-refractivity contribution in [3.05, 3.63) is 57.6 Å². The molecule has 0 saturated heterocycles. The number of carbonyl (C=O) groups is 2. The fourth-order valence-corrected chi connectivity index (χ4v) is 3.37. The highest BCUT2D eigenvalue weighted by atomic mass is 16.6. The number of nitro benzene ring substituents is 1. The molecule has 1 aliphatic heterocycles. The number of anilines is 1. The molecule has 1 heterocycles. The van der Waals surface area contributed by atoms with Gasteiger partial charge in [0.15, 0.2) is 18.1 Å². The average molecular weight is 414 g/mol. The van der Waals surface area contributed by atoms with Crippen molar-refractivity contribution in [2.75, 3.05) is 31.8 Å². The molecule has 0 saturated carbocycles. The van der Waals surface area contributed by atoms with Crippen LogP contribution in [0.25, 0.3) is 0 Å². The molecule has 0 radical (unpaired) electrons. The first-order chi connectivity index (χ1) is 14.5. The molecule has 2 aromatic rings. The maximum Gasteiger partial charge on any atom is 0.345 e. The number of nitro groups is 1. The molecule has 158 valence electrons. The summed E-state index contributed by atoms with van der Waals surface area (Å²) >= 11 is 0. The summed E-state index contributed by atoms with van der Waals surface area (Å²) in [6.07, 6.45) is 1.68. The van der Waals surface area contributed by atoms with Crippen molar-refractivity contribution in [1.29, 1.82) is 0 Å². The summed E-state index contributed by atoms with van der Waals surface area (Å²) < 4.78 is 15.6. The third kappa shape index (κ3) is 4.35. The Labute approximate surface area is 173 Å². The van der Waals surface area contributed by atoms with E-state index in [0.717, 1.165) is 30.2 Å². The number of nitrogens with zero attached hydrogens (tertiary/aromatic N) is 2. The summed E-state index contributed by atoms with van der Waals surface area (Å²) in [5.41, 5.74) is 1.04. The zero-order valence-electron chi connectivity index (χ0n) is 16.8. The molecule has 0 aromatic heterocycles. The molecule has 9 nitrogen and oxygen atoms in total. The van der Waals surface area contributed by atoms with Gasteiger partial charge in [-0.05, 0) is 31.4 Å². The number of methoxy groups -OCH3 is 1. The van der Waals surface area contributed by atoms with Crippen molar-refractivity contribution >= 4 is 23.3 Å². The van der Waals surface area contributed by atoms with E-state index in [0.29, 0.717) is 6.54 Å². The van der Waals surface area contributed by atoms with Gasteiger partial charge in [0.25, 0.3) is 11.6 Å². The van der Waals surface area contributed by atoms with Gasteiger partial charge in [-0.15, -0.1) is 0 Å². The molecule has 1 aliphatic rings. The van der Waals surface area contributed by atoms with Crippen LogP contribution in [0.2, 0.25) is 0 Å². The molecule has 0 fully saturated rings. The highest BCUT2D eigenvalue weighted by Crippen LogP contribution is 2.35. The zero-order chi connectivity index (χ0) is 21.7. The van der Waals surface area contributed by atoms with Crippen molar-refractivity contribution in [2.24, 2.45) is 0 Å². The minimum absolute atomic E-state index is 0.143. The molecular weight excluding hydrogens is 392 g/mol. The number of amides is 1. The Morgan fingerprint density at radius 1 is 1.20 bits per heavy atom. The molecule has 9 heteroatoms. The third-order valence-electron chi connectivity index (χ3n) is 4.74. The SMILES string of the molecule is CCOc1cc([N+](=O)[O-])c(C(=O)OCC(=O)N2CCCc3ccccc32)cc1OC. The van der Waals surface area contributed by atoms with Gasteiger partial charge in [-0.1, -0.05) is 18.2 Å². The number of benzene rings is 2. The van der Waals surface area contributed by atoms with Gasteiger partial charge in [0.2, 0.25) is 0 Å². The molecule has 0 atom stereocenters. The number of rotatable bonds is 7. The van der Waals surface area contributed by atoms with Crippen molar-refractivity contribution in [3.63, 3.8) is 0 Å². The number of para-hydroxylation sites is 1. The summed E-state index contributed by atoms with van der Waals surface area (Å²) in [6.45, 7) is 1.98. The number of carbonyl (C=O) groups excluding carboxylic acids is 2. The van der Waals surface area contributed by atoms with Crippen LogP contribution in [0.15, 0.2) is 36.4 Å². The van der Waals surface area contributed by atoms with E-state index >= 15 is 0 Å². The number of ether oxygens (including phenoxy) is 3. The molecule has 0 bridgehead atoms. The average Bonchev–Trinajstić information content (AvgIpc) is 2.76. The highest BCUT2D eigenvalue weighted by Gasteiger charge is 2.28. The normalized spacial score (nSPS) is 12.7. The molecular formula is C21H22N2O7. The summed E-state index contributed by atoms with van der Waals surface area (Å²) in [7, 11) is 1.36.